The van der Waals surface area contributed by atoms with Gasteiger partial charge in [0.1, 0.15) is 16.6 Å². The monoisotopic (exact) mass is 279 g/mol. The summed E-state index contributed by atoms with van der Waals surface area (Å²) in [5.41, 5.74) is 5.31. The Hall–Kier alpha value is -1.40. The van der Waals surface area contributed by atoms with Crippen LogP contribution in [0.1, 0.15) is 18.5 Å². The zero-order valence-electron chi connectivity index (χ0n) is 9.49. The summed E-state index contributed by atoms with van der Waals surface area (Å²) in [6, 6.07) is 0.504. The second kappa shape index (κ2) is 5.97. The number of carbonyl (C=O) groups excluding carboxylic acids is 1. The molecule has 0 radical (unpaired) electrons. The van der Waals surface area contributed by atoms with Crippen molar-refractivity contribution in [1.82, 2.24) is 0 Å². The zero-order valence-corrected chi connectivity index (χ0v) is 10.2. The maximum Gasteiger partial charge on any atom is 0.342 e. The molecule has 0 saturated heterocycles. The summed E-state index contributed by atoms with van der Waals surface area (Å²) in [6.45, 7) is 1.52. The van der Waals surface area contributed by atoms with Crippen LogP contribution in [0.25, 0.3) is 0 Å². The van der Waals surface area contributed by atoms with Gasteiger partial charge in [0.15, 0.2) is 0 Å². The molecule has 1 rings (SSSR count). The Morgan fingerprint density at radius 3 is 2.78 bits per heavy atom. The van der Waals surface area contributed by atoms with Gasteiger partial charge in [0.25, 0.3) is 0 Å². The van der Waals surface area contributed by atoms with Crippen LogP contribution in [-0.4, -0.2) is 23.9 Å². The molecule has 1 unspecified atom stereocenters. The van der Waals surface area contributed by atoms with Crippen molar-refractivity contribution in [3.63, 3.8) is 0 Å². The summed E-state index contributed by atoms with van der Waals surface area (Å²) in [4.78, 5) is 11.2. The predicted molar refractivity (Wildman–Crippen MR) is 61.5 cm³/mol. The fraction of sp³-hybridized carbons (Fsp3) is 0.364. The van der Waals surface area contributed by atoms with E-state index in [9.17, 15) is 18.7 Å². The molecule has 0 aliphatic heterocycles. The summed E-state index contributed by atoms with van der Waals surface area (Å²) in [5, 5.41) is 8.97. The van der Waals surface area contributed by atoms with Gasteiger partial charge in [0.2, 0.25) is 6.17 Å². The van der Waals surface area contributed by atoms with Gasteiger partial charge in [-0.2, -0.15) is 0 Å². The Morgan fingerprint density at radius 1 is 1.61 bits per heavy atom. The third-order valence-corrected chi connectivity index (χ3v) is 2.65. The van der Waals surface area contributed by atoms with Crippen LogP contribution in [-0.2, 0) is 9.53 Å². The first-order valence-corrected chi connectivity index (χ1v) is 5.51. The third-order valence-electron chi connectivity index (χ3n) is 2.29. The minimum atomic E-state index is -2.17. The van der Waals surface area contributed by atoms with Gasteiger partial charge >= 0.3 is 5.97 Å². The first-order valence-electron chi connectivity index (χ1n) is 5.13. The number of phenols is 1. The molecule has 4 nitrogen and oxygen atoms in total. The molecule has 100 valence electrons. The SMILES string of the molecule is CCOC(=O)C(F)[C@H](N)c1ccc(F)c(Cl)c1O. The quantitative estimate of drug-likeness (QED) is 0.828. The van der Waals surface area contributed by atoms with E-state index in [1.165, 1.54) is 6.92 Å². The topological polar surface area (TPSA) is 72.5 Å². The van der Waals surface area contributed by atoms with E-state index in [1.54, 1.807) is 0 Å². The Kier molecular flexibility index (Phi) is 4.86. The molecule has 0 aromatic heterocycles. The zero-order chi connectivity index (χ0) is 13.9. The molecule has 0 aliphatic carbocycles. The minimum Gasteiger partial charge on any atom is -0.506 e. The molecule has 0 fully saturated rings. The molecule has 1 aromatic rings. The van der Waals surface area contributed by atoms with Crippen molar-refractivity contribution < 1.29 is 23.4 Å². The van der Waals surface area contributed by atoms with Crippen molar-refractivity contribution in [2.45, 2.75) is 19.1 Å². The van der Waals surface area contributed by atoms with Crippen LogP contribution in [0.2, 0.25) is 5.02 Å². The minimum absolute atomic E-state index is 0.00211. The van der Waals surface area contributed by atoms with Gasteiger partial charge in [-0.05, 0) is 13.0 Å². The second-order valence-electron chi connectivity index (χ2n) is 3.48. The van der Waals surface area contributed by atoms with Crippen molar-refractivity contribution in [2.75, 3.05) is 6.61 Å². The highest BCUT2D eigenvalue weighted by atomic mass is 35.5. The number of rotatable bonds is 4. The van der Waals surface area contributed by atoms with Crippen LogP contribution in [0.5, 0.6) is 5.75 Å². The highest BCUT2D eigenvalue weighted by Crippen LogP contribution is 2.34. The molecule has 0 amide bonds. The lowest BCUT2D eigenvalue weighted by Gasteiger charge is -2.17. The Balaban J connectivity index is 3.00. The number of ether oxygens (including phenoxy) is 1. The van der Waals surface area contributed by atoms with Crippen LogP contribution < -0.4 is 5.73 Å². The third kappa shape index (κ3) is 2.88. The van der Waals surface area contributed by atoms with Gasteiger partial charge < -0.3 is 15.6 Å². The molecule has 0 spiro atoms. The van der Waals surface area contributed by atoms with E-state index in [-0.39, 0.29) is 12.2 Å². The molecule has 0 aliphatic rings. The van der Waals surface area contributed by atoms with Crippen molar-refractivity contribution in [3.8, 4) is 5.75 Å². The van der Waals surface area contributed by atoms with Gasteiger partial charge in [-0.25, -0.2) is 13.6 Å². The van der Waals surface area contributed by atoms with Gasteiger partial charge in [-0.3, -0.25) is 0 Å². The number of phenolic OH excluding ortho intramolecular Hbond substituents is 1. The highest BCUT2D eigenvalue weighted by molar-refractivity contribution is 6.32. The van der Waals surface area contributed by atoms with Crippen LogP contribution in [0.4, 0.5) is 8.78 Å². The second-order valence-corrected chi connectivity index (χ2v) is 3.86. The predicted octanol–water partition coefficient (Wildman–Crippen LogP) is 2.09. The number of hydrogen-bond acceptors (Lipinski definition) is 4. The first kappa shape index (κ1) is 14.7. The van der Waals surface area contributed by atoms with Gasteiger partial charge in [-0.15, -0.1) is 0 Å². The van der Waals surface area contributed by atoms with E-state index in [4.69, 9.17) is 17.3 Å². The van der Waals surface area contributed by atoms with E-state index in [0.717, 1.165) is 12.1 Å². The maximum atomic E-state index is 13.6. The van der Waals surface area contributed by atoms with Crippen molar-refractivity contribution in [2.24, 2.45) is 5.73 Å². The van der Waals surface area contributed by atoms with Gasteiger partial charge in [0, 0.05) is 5.56 Å². The Labute approximate surface area is 107 Å². The lowest BCUT2D eigenvalue weighted by Crippen LogP contribution is -2.31. The summed E-state index contributed by atoms with van der Waals surface area (Å²) >= 11 is 5.45. The molecule has 3 N–H and O–H groups in total. The number of nitrogens with two attached hydrogens (primary N) is 1. The molecule has 2 atom stereocenters. The van der Waals surface area contributed by atoms with Crippen molar-refractivity contribution in [3.05, 3.63) is 28.5 Å². The average molecular weight is 280 g/mol. The lowest BCUT2D eigenvalue weighted by molar-refractivity contribution is -0.149. The molecule has 0 saturated carbocycles. The highest BCUT2D eigenvalue weighted by Gasteiger charge is 2.30. The summed E-state index contributed by atoms with van der Waals surface area (Å²) in [5.74, 6) is -2.70. The Bertz CT molecular complexity index is 456. The number of carbonyl (C=O) groups is 1. The van der Waals surface area contributed by atoms with Crippen LogP contribution in [0.15, 0.2) is 12.1 Å². The van der Waals surface area contributed by atoms with Crippen LogP contribution in [0, 0.1) is 5.82 Å². The number of alkyl halides is 1. The number of benzene rings is 1. The summed E-state index contributed by atoms with van der Waals surface area (Å²) < 4.78 is 31.1. The molecular formula is C11H12ClF2NO3. The maximum absolute atomic E-state index is 13.6. The first-order chi connectivity index (χ1) is 8.40. The number of esters is 1. The average Bonchev–Trinajstić information content (AvgIpc) is 2.35. The fourth-order valence-electron chi connectivity index (χ4n) is 1.35. The van der Waals surface area contributed by atoms with Crippen molar-refractivity contribution >= 4 is 17.6 Å². The Morgan fingerprint density at radius 2 is 2.22 bits per heavy atom. The number of halogens is 3. The molecule has 0 heterocycles. The molecule has 0 bridgehead atoms. The summed E-state index contributed by atoms with van der Waals surface area (Å²) in [7, 11) is 0. The molecule has 7 heteroatoms. The van der Waals surface area contributed by atoms with E-state index in [1.807, 2.05) is 0 Å². The number of hydrogen-bond donors (Lipinski definition) is 2. The van der Waals surface area contributed by atoms with E-state index >= 15 is 0 Å². The van der Waals surface area contributed by atoms with Crippen molar-refractivity contribution in [1.29, 1.82) is 0 Å². The standard InChI is InChI=1S/C11H12ClF2NO3/c1-2-18-11(17)8(14)9(15)5-3-4-6(13)7(12)10(5)16/h3-4,8-9,16H,2,15H2,1H3/t8?,9-/m1/s1. The lowest BCUT2D eigenvalue weighted by atomic mass is 10.0. The summed E-state index contributed by atoms with van der Waals surface area (Å²) in [6.07, 6.45) is -2.17. The van der Waals surface area contributed by atoms with Gasteiger partial charge in [-0.1, -0.05) is 17.7 Å². The van der Waals surface area contributed by atoms with E-state index in [2.05, 4.69) is 4.74 Å². The van der Waals surface area contributed by atoms with Crippen LogP contribution >= 0.6 is 11.6 Å². The molecular weight excluding hydrogens is 268 g/mol. The largest absolute Gasteiger partial charge is 0.506 e. The number of aromatic hydroxyl groups is 1. The fourth-order valence-corrected chi connectivity index (χ4v) is 1.52. The van der Waals surface area contributed by atoms with Crippen LogP contribution in [0.3, 0.4) is 0 Å². The molecule has 18 heavy (non-hydrogen) atoms. The van der Waals surface area contributed by atoms with E-state index in [0.29, 0.717) is 0 Å². The van der Waals surface area contributed by atoms with Gasteiger partial charge in [0.05, 0.1) is 12.6 Å². The van der Waals surface area contributed by atoms with E-state index < -0.39 is 34.8 Å². The normalized spacial score (nSPS) is 14.1. The molecule has 1 aromatic carbocycles. The smallest absolute Gasteiger partial charge is 0.342 e.